The van der Waals surface area contributed by atoms with Crippen LogP contribution < -0.4 is 9.54 Å². The largest absolute Gasteiger partial charge is 0.494 e. The number of thiazole rings is 1. The quantitative estimate of drug-likeness (QED) is 0.494. The third kappa shape index (κ3) is 4.66. The first-order chi connectivity index (χ1) is 13.1. The highest BCUT2D eigenvalue weighted by Gasteiger charge is 2.12. The van der Waals surface area contributed by atoms with Gasteiger partial charge in [-0.25, -0.2) is 0 Å². The average Bonchev–Trinajstić information content (AvgIpc) is 2.99. The van der Waals surface area contributed by atoms with Crippen LogP contribution in [-0.4, -0.2) is 30.3 Å². The standard InChI is InChI=1S/C20H21BrN2O3S/c1-3-25-12-11-23-17-10-9-14(26-4-2)13-18(17)27-20(23)22-19(24)15-7-5-6-8-16(15)21/h5-10,13H,3-4,11-12H2,1-2H3. The predicted molar refractivity (Wildman–Crippen MR) is 112 cm³/mol. The van der Waals surface area contributed by atoms with Crippen LogP contribution in [0.5, 0.6) is 5.75 Å². The van der Waals surface area contributed by atoms with Crippen LogP contribution in [0.2, 0.25) is 0 Å². The number of benzene rings is 2. The van der Waals surface area contributed by atoms with Crippen molar-refractivity contribution in [2.24, 2.45) is 4.99 Å². The number of carbonyl (C=O) groups excluding carboxylic acids is 1. The lowest BCUT2D eigenvalue weighted by atomic mass is 10.2. The van der Waals surface area contributed by atoms with E-state index in [-0.39, 0.29) is 5.91 Å². The maximum atomic E-state index is 12.7. The van der Waals surface area contributed by atoms with E-state index in [0.717, 1.165) is 20.4 Å². The van der Waals surface area contributed by atoms with Crippen molar-refractivity contribution in [2.45, 2.75) is 20.4 Å². The van der Waals surface area contributed by atoms with E-state index in [1.165, 1.54) is 11.3 Å². The van der Waals surface area contributed by atoms with Crippen LogP contribution >= 0.6 is 27.3 Å². The number of amides is 1. The van der Waals surface area contributed by atoms with Crippen molar-refractivity contribution in [1.29, 1.82) is 0 Å². The van der Waals surface area contributed by atoms with Crippen LogP contribution in [0.15, 0.2) is 51.9 Å². The number of hydrogen-bond donors (Lipinski definition) is 0. The minimum atomic E-state index is -0.274. The molecule has 0 spiro atoms. The molecule has 7 heteroatoms. The van der Waals surface area contributed by atoms with Crippen molar-refractivity contribution in [2.75, 3.05) is 19.8 Å². The summed E-state index contributed by atoms with van der Waals surface area (Å²) in [6, 6.07) is 13.2. The Morgan fingerprint density at radius 2 is 2.00 bits per heavy atom. The first-order valence-corrected chi connectivity index (χ1v) is 10.4. The fourth-order valence-corrected chi connectivity index (χ4v) is 4.23. The molecule has 0 saturated carbocycles. The van der Waals surface area contributed by atoms with Crippen LogP contribution in [0.1, 0.15) is 24.2 Å². The molecule has 0 aliphatic rings. The molecule has 0 aliphatic carbocycles. The number of nitrogens with zero attached hydrogens (tertiary/aromatic N) is 2. The van der Waals surface area contributed by atoms with Crippen LogP contribution in [0.4, 0.5) is 0 Å². The monoisotopic (exact) mass is 448 g/mol. The zero-order valence-electron chi connectivity index (χ0n) is 15.3. The van der Waals surface area contributed by atoms with Crippen molar-refractivity contribution >= 4 is 43.4 Å². The molecule has 0 radical (unpaired) electrons. The molecule has 0 unspecified atom stereocenters. The van der Waals surface area contributed by atoms with Gasteiger partial charge in [0.2, 0.25) is 0 Å². The zero-order chi connectivity index (χ0) is 19.2. The van der Waals surface area contributed by atoms with Gasteiger partial charge >= 0.3 is 0 Å². The number of ether oxygens (including phenoxy) is 2. The fourth-order valence-electron chi connectivity index (χ4n) is 2.69. The molecular weight excluding hydrogens is 428 g/mol. The van der Waals surface area contributed by atoms with Gasteiger partial charge in [-0.2, -0.15) is 4.99 Å². The van der Waals surface area contributed by atoms with E-state index in [2.05, 4.69) is 20.9 Å². The van der Waals surface area contributed by atoms with Gasteiger partial charge in [0.05, 0.1) is 29.0 Å². The number of rotatable bonds is 7. The van der Waals surface area contributed by atoms with Gasteiger partial charge in [0.25, 0.3) is 5.91 Å². The van der Waals surface area contributed by atoms with Gasteiger partial charge in [-0.3, -0.25) is 4.79 Å². The van der Waals surface area contributed by atoms with Crippen molar-refractivity contribution in [3.63, 3.8) is 0 Å². The van der Waals surface area contributed by atoms with E-state index < -0.39 is 0 Å². The Hall–Kier alpha value is -1.96. The van der Waals surface area contributed by atoms with E-state index in [9.17, 15) is 4.79 Å². The van der Waals surface area contributed by atoms with E-state index in [4.69, 9.17) is 9.47 Å². The number of aromatic nitrogens is 1. The third-order valence-corrected chi connectivity index (χ3v) is 5.66. The molecule has 1 amide bonds. The van der Waals surface area contributed by atoms with Crippen molar-refractivity contribution < 1.29 is 14.3 Å². The molecule has 2 aromatic carbocycles. The number of halogens is 1. The summed E-state index contributed by atoms with van der Waals surface area (Å²) >= 11 is 4.90. The van der Waals surface area contributed by atoms with Crippen LogP contribution in [0.25, 0.3) is 10.2 Å². The summed E-state index contributed by atoms with van der Waals surface area (Å²) in [6.07, 6.45) is 0. The maximum absolute atomic E-state index is 12.7. The molecule has 0 saturated heterocycles. The average molecular weight is 449 g/mol. The normalized spacial score (nSPS) is 11.9. The third-order valence-electron chi connectivity index (χ3n) is 3.93. The highest BCUT2D eigenvalue weighted by molar-refractivity contribution is 9.10. The first-order valence-electron chi connectivity index (χ1n) is 8.81. The predicted octanol–water partition coefficient (Wildman–Crippen LogP) is 4.64. The molecule has 1 aromatic heterocycles. The Balaban J connectivity index is 2.07. The summed E-state index contributed by atoms with van der Waals surface area (Å²) < 4.78 is 14.9. The molecule has 3 rings (SSSR count). The summed E-state index contributed by atoms with van der Waals surface area (Å²) in [6.45, 7) is 6.37. The summed E-state index contributed by atoms with van der Waals surface area (Å²) in [4.78, 5) is 17.8. The van der Waals surface area contributed by atoms with Crippen molar-refractivity contribution in [1.82, 2.24) is 4.57 Å². The summed E-state index contributed by atoms with van der Waals surface area (Å²) in [5.41, 5.74) is 1.56. The van der Waals surface area contributed by atoms with E-state index in [1.54, 1.807) is 6.07 Å². The van der Waals surface area contributed by atoms with Crippen LogP contribution in [0.3, 0.4) is 0 Å². The van der Waals surface area contributed by atoms with Gasteiger partial charge in [0.1, 0.15) is 5.75 Å². The van der Waals surface area contributed by atoms with Crippen LogP contribution in [-0.2, 0) is 11.3 Å². The summed E-state index contributed by atoms with van der Waals surface area (Å²) in [7, 11) is 0. The Labute approximate surface area is 170 Å². The molecule has 0 bridgehead atoms. The highest BCUT2D eigenvalue weighted by Crippen LogP contribution is 2.24. The lowest BCUT2D eigenvalue weighted by molar-refractivity contribution is 0.0996. The Morgan fingerprint density at radius 3 is 2.74 bits per heavy atom. The molecule has 27 heavy (non-hydrogen) atoms. The fraction of sp³-hybridized carbons (Fsp3) is 0.300. The topological polar surface area (TPSA) is 52.8 Å². The Bertz CT molecular complexity index is 1010. The smallest absolute Gasteiger partial charge is 0.280 e. The summed E-state index contributed by atoms with van der Waals surface area (Å²) in [5.74, 6) is 0.538. The molecule has 0 atom stereocenters. The lowest BCUT2D eigenvalue weighted by Gasteiger charge is -2.06. The van der Waals surface area contributed by atoms with Gasteiger partial charge in [0, 0.05) is 17.6 Å². The molecule has 142 valence electrons. The molecular formula is C20H21BrN2O3S. The zero-order valence-corrected chi connectivity index (χ0v) is 17.7. The molecule has 0 aliphatic heterocycles. The van der Waals surface area contributed by atoms with Gasteiger partial charge in [-0.05, 0) is 60.1 Å². The second-order valence-electron chi connectivity index (χ2n) is 5.69. The maximum Gasteiger partial charge on any atom is 0.280 e. The highest BCUT2D eigenvalue weighted by atomic mass is 79.9. The Kier molecular flexibility index (Phi) is 6.82. The molecule has 5 nitrogen and oxygen atoms in total. The second-order valence-corrected chi connectivity index (χ2v) is 7.56. The molecule has 1 heterocycles. The lowest BCUT2D eigenvalue weighted by Crippen LogP contribution is -2.19. The minimum Gasteiger partial charge on any atom is -0.494 e. The van der Waals surface area contributed by atoms with Gasteiger partial charge in [-0.15, -0.1) is 0 Å². The van der Waals surface area contributed by atoms with E-state index >= 15 is 0 Å². The molecule has 0 fully saturated rings. The SMILES string of the molecule is CCOCCn1c(=NC(=O)c2ccccc2Br)sc2cc(OCC)ccc21. The van der Waals surface area contributed by atoms with Crippen molar-refractivity contribution in [3.05, 3.63) is 57.3 Å². The van der Waals surface area contributed by atoms with Crippen molar-refractivity contribution in [3.8, 4) is 5.75 Å². The number of fused-ring (bicyclic) bond motifs is 1. The number of hydrogen-bond acceptors (Lipinski definition) is 4. The van der Waals surface area contributed by atoms with Gasteiger partial charge < -0.3 is 14.0 Å². The van der Waals surface area contributed by atoms with Gasteiger partial charge in [0.15, 0.2) is 4.80 Å². The second kappa shape index (κ2) is 9.30. The minimum absolute atomic E-state index is 0.274. The molecule has 0 N–H and O–H groups in total. The van der Waals surface area contributed by atoms with E-state index in [0.29, 0.717) is 36.7 Å². The first kappa shape index (κ1) is 19.8. The van der Waals surface area contributed by atoms with Crippen LogP contribution in [0, 0.1) is 0 Å². The summed E-state index contributed by atoms with van der Waals surface area (Å²) in [5, 5.41) is 0. The Morgan fingerprint density at radius 1 is 1.19 bits per heavy atom. The van der Waals surface area contributed by atoms with E-state index in [1.807, 2.05) is 54.8 Å². The number of carbonyl (C=O) groups is 1. The molecule has 3 aromatic rings. The van der Waals surface area contributed by atoms with Gasteiger partial charge in [-0.1, -0.05) is 23.5 Å².